The maximum Gasteiger partial charge on any atom is 0.410 e. The summed E-state index contributed by atoms with van der Waals surface area (Å²) >= 11 is 0. The molecule has 0 aliphatic rings. The van der Waals surface area contributed by atoms with E-state index in [1.54, 1.807) is 6.92 Å². The Labute approximate surface area is 125 Å². The van der Waals surface area contributed by atoms with Crippen LogP contribution in [-0.2, 0) is 20.9 Å². The number of benzene rings is 1. The van der Waals surface area contributed by atoms with Crippen molar-refractivity contribution in [3.63, 3.8) is 0 Å². The Morgan fingerprint density at radius 2 is 1.81 bits per heavy atom. The lowest BCUT2D eigenvalue weighted by atomic mass is 10.2. The maximum atomic E-state index is 11.9. The van der Waals surface area contributed by atoms with E-state index >= 15 is 0 Å². The summed E-state index contributed by atoms with van der Waals surface area (Å²) < 4.78 is 10.2. The van der Waals surface area contributed by atoms with Gasteiger partial charge in [0.05, 0.1) is 6.61 Å². The fraction of sp³-hybridized carbons (Fsp3) is 0.500. The van der Waals surface area contributed by atoms with Gasteiger partial charge in [-0.1, -0.05) is 43.7 Å². The van der Waals surface area contributed by atoms with Gasteiger partial charge in [0.15, 0.2) is 0 Å². The first kappa shape index (κ1) is 17.0. The molecule has 0 atom stereocenters. The maximum absolute atomic E-state index is 11.9. The van der Waals surface area contributed by atoms with Crippen LogP contribution in [0.4, 0.5) is 4.79 Å². The van der Waals surface area contributed by atoms with Gasteiger partial charge in [0.1, 0.15) is 13.2 Å². The Kier molecular flexibility index (Phi) is 7.94. The van der Waals surface area contributed by atoms with Crippen LogP contribution in [0.1, 0.15) is 32.3 Å². The molecule has 0 N–H and O–H groups in total. The molecule has 0 radical (unpaired) electrons. The second kappa shape index (κ2) is 9.80. The molecule has 1 aromatic carbocycles. The average Bonchev–Trinajstić information content (AvgIpc) is 2.51. The largest absolute Gasteiger partial charge is 0.464 e. The van der Waals surface area contributed by atoms with E-state index in [0.29, 0.717) is 13.2 Å². The SMILES string of the molecule is CCCCOC(=O)CN(CC)C(=O)OCc1ccccc1. The zero-order valence-electron chi connectivity index (χ0n) is 12.7. The third-order valence-corrected chi connectivity index (χ3v) is 2.93. The monoisotopic (exact) mass is 293 g/mol. The van der Waals surface area contributed by atoms with Gasteiger partial charge >= 0.3 is 12.1 Å². The minimum atomic E-state index is -0.506. The molecule has 0 spiro atoms. The molecule has 5 heteroatoms. The molecule has 116 valence electrons. The van der Waals surface area contributed by atoms with E-state index in [1.165, 1.54) is 4.90 Å². The van der Waals surface area contributed by atoms with Gasteiger partial charge in [-0.05, 0) is 18.9 Å². The van der Waals surface area contributed by atoms with E-state index in [0.717, 1.165) is 18.4 Å². The quantitative estimate of drug-likeness (QED) is 0.546. The van der Waals surface area contributed by atoms with Gasteiger partial charge in [-0.3, -0.25) is 9.69 Å². The minimum Gasteiger partial charge on any atom is -0.464 e. The highest BCUT2D eigenvalue weighted by molar-refractivity contribution is 5.78. The van der Waals surface area contributed by atoms with Crippen molar-refractivity contribution in [1.29, 1.82) is 0 Å². The first-order valence-corrected chi connectivity index (χ1v) is 7.28. The molecule has 0 unspecified atom stereocenters. The highest BCUT2D eigenvalue weighted by Crippen LogP contribution is 2.03. The number of hydrogen-bond acceptors (Lipinski definition) is 4. The number of hydrogen-bond donors (Lipinski definition) is 0. The Morgan fingerprint density at radius 3 is 2.43 bits per heavy atom. The number of carbonyl (C=O) groups is 2. The molecule has 5 nitrogen and oxygen atoms in total. The molecule has 0 fully saturated rings. The number of nitrogens with zero attached hydrogens (tertiary/aromatic N) is 1. The summed E-state index contributed by atoms with van der Waals surface area (Å²) in [7, 11) is 0. The smallest absolute Gasteiger partial charge is 0.410 e. The second-order valence-electron chi connectivity index (χ2n) is 4.63. The van der Waals surface area contributed by atoms with E-state index < -0.39 is 12.1 Å². The van der Waals surface area contributed by atoms with Crippen LogP contribution >= 0.6 is 0 Å². The summed E-state index contributed by atoms with van der Waals surface area (Å²) in [6, 6.07) is 9.42. The molecule has 0 aliphatic carbocycles. The summed E-state index contributed by atoms with van der Waals surface area (Å²) in [4.78, 5) is 24.8. The van der Waals surface area contributed by atoms with Crippen LogP contribution in [0.2, 0.25) is 0 Å². The van der Waals surface area contributed by atoms with Crippen LogP contribution in [-0.4, -0.2) is 36.7 Å². The van der Waals surface area contributed by atoms with Gasteiger partial charge in [0.25, 0.3) is 0 Å². The van der Waals surface area contributed by atoms with Crippen molar-refractivity contribution in [3.8, 4) is 0 Å². The number of amides is 1. The van der Waals surface area contributed by atoms with Crippen molar-refractivity contribution >= 4 is 12.1 Å². The number of carbonyl (C=O) groups excluding carboxylic acids is 2. The molecule has 1 amide bonds. The van der Waals surface area contributed by atoms with E-state index in [2.05, 4.69) is 0 Å². The third-order valence-electron chi connectivity index (χ3n) is 2.93. The molecule has 0 aromatic heterocycles. The molecule has 0 aliphatic heterocycles. The summed E-state index contributed by atoms with van der Waals surface area (Å²) in [5.74, 6) is -0.401. The molecule has 0 heterocycles. The van der Waals surface area contributed by atoms with E-state index in [-0.39, 0.29) is 13.2 Å². The van der Waals surface area contributed by atoms with Crippen molar-refractivity contribution in [2.75, 3.05) is 19.7 Å². The molecule has 1 aromatic rings. The van der Waals surface area contributed by atoms with Gasteiger partial charge in [-0.2, -0.15) is 0 Å². The highest BCUT2D eigenvalue weighted by Gasteiger charge is 2.17. The second-order valence-corrected chi connectivity index (χ2v) is 4.63. The zero-order valence-corrected chi connectivity index (χ0v) is 12.7. The van der Waals surface area contributed by atoms with Crippen LogP contribution in [0.5, 0.6) is 0 Å². The van der Waals surface area contributed by atoms with Gasteiger partial charge in [0.2, 0.25) is 0 Å². The lowest BCUT2D eigenvalue weighted by Gasteiger charge is -2.19. The number of rotatable bonds is 8. The molecular formula is C16H23NO4. The third kappa shape index (κ3) is 6.79. The lowest BCUT2D eigenvalue weighted by molar-refractivity contribution is -0.144. The van der Waals surface area contributed by atoms with Crippen molar-refractivity contribution in [2.24, 2.45) is 0 Å². The Bertz CT molecular complexity index is 433. The Hall–Kier alpha value is -2.04. The zero-order chi connectivity index (χ0) is 15.5. The van der Waals surface area contributed by atoms with Crippen molar-refractivity contribution in [3.05, 3.63) is 35.9 Å². The van der Waals surface area contributed by atoms with Gasteiger partial charge in [0, 0.05) is 6.54 Å². The van der Waals surface area contributed by atoms with E-state index in [1.807, 2.05) is 37.3 Å². The summed E-state index contributed by atoms with van der Waals surface area (Å²) in [5, 5.41) is 0. The fourth-order valence-electron chi connectivity index (χ4n) is 1.65. The topological polar surface area (TPSA) is 55.8 Å². The molecule has 0 saturated heterocycles. The highest BCUT2D eigenvalue weighted by atomic mass is 16.6. The molecule has 0 bridgehead atoms. The molecular weight excluding hydrogens is 270 g/mol. The van der Waals surface area contributed by atoms with E-state index in [4.69, 9.17) is 9.47 Å². The Balaban J connectivity index is 2.36. The van der Waals surface area contributed by atoms with Gasteiger partial charge in [-0.25, -0.2) is 4.79 Å². The summed E-state index contributed by atoms with van der Waals surface area (Å²) in [5.41, 5.74) is 0.910. The standard InChI is InChI=1S/C16H23NO4/c1-3-5-11-20-15(18)12-17(4-2)16(19)21-13-14-9-7-6-8-10-14/h6-10H,3-5,11-13H2,1-2H3. The van der Waals surface area contributed by atoms with Crippen molar-refractivity contribution in [1.82, 2.24) is 4.90 Å². The number of esters is 1. The van der Waals surface area contributed by atoms with Crippen LogP contribution in [0.3, 0.4) is 0 Å². The lowest BCUT2D eigenvalue weighted by Crippen LogP contribution is -2.36. The summed E-state index contributed by atoms with van der Waals surface area (Å²) in [6.45, 7) is 4.73. The fourth-order valence-corrected chi connectivity index (χ4v) is 1.65. The van der Waals surface area contributed by atoms with Gasteiger partial charge < -0.3 is 9.47 Å². The Morgan fingerprint density at radius 1 is 1.10 bits per heavy atom. The first-order valence-electron chi connectivity index (χ1n) is 7.28. The van der Waals surface area contributed by atoms with Crippen LogP contribution in [0.15, 0.2) is 30.3 Å². The van der Waals surface area contributed by atoms with Gasteiger partial charge in [-0.15, -0.1) is 0 Å². The number of ether oxygens (including phenoxy) is 2. The predicted octanol–water partition coefficient (Wildman–Crippen LogP) is 2.99. The molecule has 1 rings (SSSR count). The number of unbranched alkanes of at least 4 members (excludes halogenated alkanes) is 1. The number of likely N-dealkylation sites (N-methyl/N-ethyl adjacent to an activating group) is 1. The van der Waals surface area contributed by atoms with Crippen molar-refractivity contribution < 1.29 is 19.1 Å². The van der Waals surface area contributed by atoms with Crippen LogP contribution < -0.4 is 0 Å². The predicted molar refractivity (Wildman–Crippen MR) is 79.7 cm³/mol. The first-order chi connectivity index (χ1) is 10.2. The molecule has 21 heavy (non-hydrogen) atoms. The van der Waals surface area contributed by atoms with Crippen molar-refractivity contribution in [2.45, 2.75) is 33.3 Å². The average molecular weight is 293 g/mol. The minimum absolute atomic E-state index is 0.0756. The van der Waals surface area contributed by atoms with E-state index in [9.17, 15) is 9.59 Å². The molecule has 0 saturated carbocycles. The van der Waals surface area contributed by atoms with Crippen LogP contribution in [0, 0.1) is 0 Å². The normalized spacial score (nSPS) is 10.0. The van der Waals surface area contributed by atoms with Crippen LogP contribution in [0.25, 0.3) is 0 Å². The summed E-state index contributed by atoms with van der Waals surface area (Å²) in [6.07, 6.45) is 1.29.